The fraction of sp³-hybridized carbons (Fsp3) is 0.0417. The van der Waals surface area contributed by atoms with Gasteiger partial charge in [0, 0.05) is 21.3 Å². The van der Waals surface area contributed by atoms with Gasteiger partial charge in [0.2, 0.25) is 0 Å². The van der Waals surface area contributed by atoms with Gasteiger partial charge in [0.05, 0.1) is 5.39 Å². The molecule has 0 unspecified atom stereocenters. The van der Waals surface area contributed by atoms with Gasteiger partial charge < -0.3 is 8.83 Å². The summed E-state index contributed by atoms with van der Waals surface area (Å²) < 4.78 is 19.3. The van der Waals surface area contributed by atoms with Crippen molar-refractivity contribution in [2.75, 3.05) is 7.11 Å². The second kappa shape index (κ2) is 5.69. The minimum absolute atomic E-state index is 0.787. The van der Waals surface area contributed by atoms with Gasteiger partial charge in [-0.1, -0.05) is 34.1 Å². The van der Waals surface area contributed by atoms with Gasteiger partial charge in [0.1, 0.15) is 27.7 Å². The standard InChI is InChI=1S/C24H14BrO3/c1-26-16-4-2-5-17-22(16)24-21-15-10-9-14(25)12-13(15)8-11-20(21)28-19-7-3-6-18(27-17)23(19)24/h2-12H,1H3/q+1. The molecule has 0 fully saturated rings. The Bertz CT molecular complexity index is 1620. The third-order valence-electron chi connectivity index (χ3n) is 5.33. The first-order valence-electron chi connectivity index (χ1n) is 9.00. The van der Waals surface area contributed by atoms with Crippen LogP contribution in [-0.2, 0) is 0 Å². The summed E-state index contributed by atoms with van der Waals surface area (Å²) in [6.07, 6.45) is 0. The van der Waals surface area contributed by atoms with Crippen LogP contribution in [0.2, 0.25) is 0 Å². The van der Waals surface area contributed by atoms with Crippen molar-refractivity contribution in [1.82, 2.24) is 0 Å². The van der Waals surface area contributed by atoms with Crippen molar-refractivity contribution in [2.24, 2.45) is 0 Å². The van der Waals surface area contributed by atoms with Crippen molar-refractivity contribution < 1.29 is 8.83 Å². The third-order valence-corrected chi connectivity index (χ3v) is 5.82. The maximum Gasteiger partial charge on any atom is 0.354 e. The first-order chi connectivity index (χ1) is 13.7. The van der Waals surface area contributed by atoms with Crippen LogP contribution in [0.1, 0.15) is 0 Å². The van der Waals surface area contributed by atoms with Crippen molar-refractivity contribution in [1.29, 1.82) is 0 Å². The SMILES string of the molecule is C[O+]=c1cccc2oc3cccc4oc5ccc6cc(Br)ccc6c5c(c12)c34. The smallest absolute Gasteiger partial charge is 0.354 e. The summed E-state index contributed by atoms with van der Waals surface area (Å²) in [5.41, 5.74) is 4.02. The molecule has 0 aliphatic heterocycles. The summed E-state index contributed by atoms with van der Waals surface area (Å²) in [7, 11) is 1.69. The molecule has 2 aromatic heterocycles. The van der Waals surface area contributed by atoms with Crippen LogP contribution < -0.4 is 5.43 Å². The van der Waals surface area contributed by atoms with Gasteiger partial charge in [0.15, 0.2) is 0 Å². The quantitative estimate of drug-likeness (QED) is 0.149. The largest absolute Gasteiger partial charge is 0.456 e. The van der Waals surface area contributed by atoms with Gasteiger partial charge in [-0.25, -0.2) is 0 Å². The highest BCUT2D eigenvalue weighted by Crippen LogP contribution is 2.40. The van der Waals surface area contributed by atoms with Gasteiger partial charge in [-0.2, -0.15) is 0 Å². The van der Waals surface area contributed by atoms with Crippen molar-refractivity contribution in [2.45, 2.75) is 0 Å². The summed E-state index contributed by atoms with van der Waals surface area (Å²) >= 11 is 3.58. The van der Waals surface area contributed by atoms with Crippen LogP contribution in [0.3, 0.4) is 0 Å². The molecule has 0 saturated carbocycles. The van der Waals surface area contributed by atoms with E-state index in [0.29, 0.717) is 0 Å². The normalized spacial score (nSPS) is 12.9. The summed E-state index contributed by atoms with van der Waals surface area (Å²) in [6.45, 7) is 0. The molecule has 4 heteroatoms. The lowest BCUT2D eigenvalue weighted by atomic mass is 9.97. The van der Waals surface area contributed by atoms with Gasteiger partial charge in [-0.05, 0) is 53.2 Å². The van der Waals surface area contributed by atoms with E-state index >= 15 is 0 Å². The fourth-order valence-electron chi connectivity index (χ4n) is 4.18. The Morgan fingerprint density at radius 2 is 1.36 bits per heavy atom. The van der Waals surface area contributed by atoms with Gasteiger partial charge in [-0.15, -0.1) is 0 Å². The molecule has 28 heavy (non-hydrogen) atoms. The van der Waals surface area contributed by atoms with Crippen molar-refractivity contribution in [3.05, 3.63) is 81.1 Å². The lowest BCUT2D eigenvalue weighted by Gasteiger charge is -2.12. The second-order valence-electron chi connectivity index (χ2n) is 6.85. The van der Waals surface area contributed by atoms with E-state index in [1.165, 1.54) is 0 Å². The van der Waals surface area contributed by atoms with Crippen LogP contribution in [0.5, 0.6) is 0 Å². The first kappa shape index (κ1) is 15.9. The Hall–Kier alpha value is -3.11. The van der Waals surface area contributed by atoms with Crippen LogP contribution in [0, 0.1) is 0 Å². The molecule has 0 saturated heterocycles. The molecule has 3 nitrogen and oxygen atoms in total. The lowest BCUT2D eigenvalue weighted by Crippen LogP contribution is -2.02. The zero-order valence-electron chi connectivity index (χ0n) is 15.0. The first-order valence-corrected chi connectivity index (χ1v) is 9.80. The molecule has 6 aromatic rings. The molecule has 134 valence electrons. The molecule has 0 amide bonds. The summed E-state index contributed by atoms with van der Waals surface area (Å²) in [4.78, 5) is 0. The molecule has 0 atom stereocenters. The average molecular weight is 430 g/mol. The van der Waals surface area contributed by atoms with E-state index in [-0.39, 0.29) is 0 Å². The van der Waals surface area contributed by atoms with E-state index in [0.717, 1.165) is 64.6 Å². The molecular formula is C24H14BrO3+. The van der Waals surface area contributed by atoms with E-state index in [2.05, 4.69) is 40.2 Å². The molecule has 0 N–H and O–H groups in total. The number of rotatable bonds is 0. The molecule has 4 aromatic carbocycles. The van der Waals surface area contributed by atoms with Crippen LogP contribution in [0.25, 0.3) is 54.6 Å². The zero-order valence-corrected chi connectivity index (χ0v) is 16.5. The number of hydrogen-bond donors (Lipinski definition) is 0. The van der Waals surface area contributed by atoms with Crippen LogP contribution in [-0.4, -0.2) is 7.11 Å². The summed E-state index contributed by atoms with van der Waals surface area (Å²) in [6, 6.07) is 22.3. The predicted octanol–water partition coefficient (Wildman–Crippen LogP) is 6.93. The van der Waals surface area contributed by atoms with E-state index in [4.69, 9.17) is 13.3 Å². The highest BCUT2D eigenvalue weighted by molar-refractivity contribution is 9.10. The third kappa shape index (κ3) is 2.06. The molecule has 2 heterocycles. The van der Waals surface area contributed by atoms with Gasteiger partial charge in [-0.3, -0.25) is 4.42 Å². The minimum Gasteiger partial charge on any atom is -0.456 e. The predicted molar refractivity (Wildman–Crippen MR) is 118 cm³/mol. The Morgan fingerprint density at radius 1 is 0.679 bits per heavy atom. The monoisotopic (exact) mass is 429 g/mol. The van der Waals surface area contributed by atoms with E-state index in [1.807, 2.05) is 42.5 Å². The molecular weight excluding hydrogens is 416 g/mol. The maximum absolute atomic E-state index is 6.30. The van der Waals surface area contributed by atoms with Gasteiger partial charge in [0.25, 0.3) is 7.11 Å². The van der Waals surface area contributed by atoms with Crippen LogP contribution >= 0.6 is 15.9 Å². The Morgan fingerprint density at radius 3 is 2.11 bits per heavy atom. The number of halogens is 1. The van der Waals surface area contributed by atoms with Crippen molar-refractivity contribution >= 4 is 70.6 Å². The minimum atomic E-state index is 0.787. The van der Waals surface area contributed by atoms with Crippen molar-refractivity contribution in [3.8, 4) is 0 Å². The zero-order chi connectivity index (χ0) is 18.8. The molecule has 0 spiro atoms. The van der Waals surface area contributed by atoms with E-state index in [9.17, 15) is 0 Å². The second-order valence-corrected chi connectivity index (χ2v) is 7.76. The maximum atomic E-state index is 6.30. The van der Waals surface area contributed by atoms with Crippen LogP contribution in [0.4, 0.5) is 0 Å². The number of fused-ring (bicyclic) bond motifs is 6. The number of hydrogen-bond acceptors (Lipinski definition) is 2. The fourth-order valence-corrected chi connectivity index (χ4v) is 4.55. The van der Waals surface area contributed by atoms with Crippen molar-refractivity contribution in [3.63, 3.8) is 0 Å². The Kier molecular flexibility index (Phi) is 3.23. The molecule has 0 bridgehead atoms. The Labute approximate surface area is 167 Å². The summed E-state index contributed by atoms with van der Waals surface area (Å²) in [5, 5.41) is 6.38. The van der Waals surface area contributed by atoms with Gasteiger partial charge >= 0.3 is 5.43 Å². The molecule has 0 aliphatic rings. The molecule has 0 aliphatic carbocycles. The molecule has 6 rings (SSSR count). The molecule has 0 radical (unpaired) electrons. The average Bonchev–Trinajstić information content (AvgIpc) is 2.72. The highest BCUT2D eigenvalue weighted by atomic mass is 79.9. The highest BCUT2D eigenvalue weighted by Gasteiger charge is 2.20. The van der Waals surface area contributed by atoms with E-state index in [1.54, 1.807) is 7.11 Å². The van der Waals surface area contributed by atoms with Crippen LogP contribution in [0.15, 0.2) is 84.5 Å². The lowest BCUT2D eigenvalue weighted by molar-refractivity contribution is 0.648. The summed E-state index contributed by atoms with van der Waals surface area (Å²) in [5.74, 6) is 0. The van der Waals surface area contributed by atoms with E-state index < -0.39 is 0 Å². The number of benzene rings is 4. The topological polar surface area (TPSA) is 37.6 Å². The Balaban J connectivity index is 2.09.